The standard InChI is InChI=1S/C17H26O3/c1-4-17(5-2,16(18)19)11-6-7-12-20-15-10-8-9-14(3)13-15/h8-10,13H,4-7,11-12H2,1-3H3,(H,18,19). The molecule has 0 saturated heterocycles. The molecule has 0 aromatic heterocycles. The van der Waals surface area contributed by atoms with Crippen molar-refractivity contribution in [2.24, 2.45) is 5.41 Å². The van der Waals surface area contributed by atoms with E-state index in [1.54, 1.807) is 0 Å². The molecule has 0 saturated carbocycles. The van der Waals surface area contributed by atoms with E-state index in [0.29, 0.717) is 19.4 Å². The molecule has 1 rings (SSSR count). The zero-order chi connectivity index (χ0) is 15.0. The predicted octanol–water partition coefficient (Wildman–Crippen LogP) is 4.44. The first kappa shape index (κ1) is 16.5. The first-order valence-electron chi connectivity index (χ1n) is 7.47. The predicted molar refractivity (Wildman–Crippen MR) is 81.2 cm³/mol. The van der Waals surface area contributed by atoms with Gasteiger partial charge in [-0.1, -0.05) is 26.0 Å². The molecule has 0 spiro atoms. The van der Waals surface area contributed by atoms with E-state index in [1.165, 1.54) is 5.56 Å². The molecule has 0 amide bonds. The van der Waals surface area contributed by atoms with Gasteiger partial charge in [-0.25, -0.2) is 0 Å². The maximum atomic E-state index is 11.4. The molecule has 0 fully saturated rings. The topological polar surface area (TPSA) is 46.5 Å². The van der Waals surface area contributed by atoms with Gasteiger partial charge in [0.05, 0.1) is 12.0 Å². The average Bonchev–Trinajstić information content (AvgIpc) is 2.43. The fraction of sp³-hybridized carbons (Fsp3) is 0.588. The number of aryl methyl sites for hydroxylation is 1. The second-order valence-corrected chi connectivity index (χ2v) is 5.41. The number of benzene rings is 1. The van der Waals surface area contributed by atoms with Crippen molar-refractivity contribution in [3.63, 3.8) is 0 Å². The van der Waals surface area contributed by atoms with Crippen LogP contribution >= 0.6 is 0 Å². The SMILES string of the molecule is CCC(CC)(CCCCOc1cccc(C)c1)C(=O)O. The van der Waals surface area contributed by atoms with Crippen molar-refractivity contribution in [3.8, 4) is 5.75 Å². The molecule has 0 aliphatic heterocycles. The van der Waals surface area contributed by atoms with Crippen LogP contribution in [0.5, 0.6) is 5.75 Å². The fourth-order valence-corrected chi connectivity index (χ4v) is 2.47. The van der Waals surface area contributed by atoms with Gasteiger partial charge in [-0.15, -0.1) is 0 Å². The Morgan fingerprint density at radius 3 is 2.50 bits per heavy atom. The Morgan fingerprint density at radius 2 is 1.95 bits per heavy atom. The molecule has 0 bridgehead atoms. The van der Waals surface area contributed by atoms with Gasteiger partial charge in [-0.05, 0) is 56.7 Å². The molecule has 3 heteroatoms. The Labute approximate surface area is 122 Å². The van der Waals surface area contributed by atoms with Gasteiger partial charge < -0.3 is 9.84 Å². The Hall–Kier alpha value is -1.51. The summed E-state index contributed by atoms with van der Waals surface area (Å²) < 4.78 is 5.68. The Balaban J connectivity index is 2.32. The Kier molecular flexibility index (Phi) is 6.56. The van der Waals surface area contributed by atoms with Gasteiger partial charge in [0.2, 0.25) is 0 Å². The van der Waals surface area contributed by atoms with E-state index in [9.17, 15) is 9.90 Å². The van der Waals surface area contributed by atoms with Gasteiger partial charge in [0, 0.05) is 0 Å². The summed E-state index contributed by atoms with van der Waals surface area (Å²) in [6, 6.07) is 7.98. The van der Waals surface area contributed by atoms with Gasteiger partial charge in [-0.3, -0.25) is 4.79 Å². The summed E-state index contributed by atoms with van der Waals surface area (Å²) in [6.45, 7) is 6.60. The maximum absolute atomic E-state index is 11.4. The van der Waals surface area contributed by atoms with E-state index in [4.69, 9.17) is 4.74 Å². The van der Waals surface area contributed by atoms with Crippen LogP contribution in [0.25, 0.3) is 0 Å². The summed E-state index contributed by atoms with van der Waals surface area (Å²) in [5, 5.41) is 9.36. The van der Waals surface area contributed by atoms with Gasteiger partial charge >= 0.3 is 5.97 Å². The lowest BCUT2D eigenvalue weighted by atomic mass is 9.78. The van der Waals surface area contributed by atoms with E-state index in [-0.39, 0.29) is 0 Å². The second-order valence-electron chi connectivity index (χ2n) is 5.41. The van der Waals surface area contributed by atoms with Gasteiger partial charge in [-0.2, -0.15) is 0 Å². The largest absolute Gasteiger partial charge is 0.494 e. The number of hydrogen-bond acceptors (Lipinski definition) is 2. The molecule has 112 valence electrons. The number of carboxylic acid groups (broad SMARTS) is 1. The van der Waals surface area contributed by atoms with Crippen LogP contribution < -0.4 is 4.74 Å². The lowest BCUT2D eigenvalue weighted by Gasteiger charge is -2.26. The van der Waals surface area contributed by atoms with Crippen molar-refractivity contribution in [2.75, 3.05) is 6.61 Å². The lowest BCUT2D eigenvalue weighted by molar-refractivity contribution is -0.150. The number of rotatable bonds is 9. The Morgan fingerprint density at radius 1 is 1.25 bits per heavy atom. The smallest absolute Gasteiger partial charge is 0.309 e. The summed E-state index contributed by atoms with van der Waals surface area (Å²) in [5.41, 5.74) is 0.632. The lowest BCUT2D eigenvalue weighted by Crippen LogP contribution is -2.29. The monoisotopic (exact) mass is 278 g/mol. The average molecular weight is 278 g/mol. The van der Waals surface area contributed by atoms with Crippen LogP contribution in [-0.4, -0.2) is 17.7 Å². The highest BCUT2D eigenvalue weighted by molar-refractivity contribution is 5.74. The highest BCUT2D eigenvalue weighted by Gasteiger charge is 2.33. The summed E-state index contributed by atoms with van der Waals surface area (Å²) in [4.78, 5) is 11.4. The summed E-state index contributed by atoms with van der Waals surface area (Å²) in [6.07, 6.45) is 3.89. The van der Waals surface area contributed by atoms with Crippen LogP contribution in [0.3, 0.4) is 0 Å². The molecule has 0 atom stereocenters. The molecule has 1 aromatic carbocycles. The van der Waals surface area contributed by atoms with Crippen LogP contribution in [0.2, 0.25) is 0 Å². The highest BCUT2D eigenvalue weighted by Crippen LogP contribution is 2.32. The molecule has 20 heavy (non-hydrogen) atoms. The third-order valence-corrected chi connectivity index (χ3v) is 4.12. The molecule has 0 heterocycles. The molecule has 0 aliphatic rings. The van der Waals surface area contributed by atoms with Crippen LogP contribution in [0, 0.1) is 12.3 Å². The van der Waals surface area contributed by atoms with E-state index in [2.05, 4.69) is 0 Å². The van der Waals surface area contributed by atoms with Crippen LogP contribution in [-0.2, 0) is 4.79 Å². The van der Waals surface area contributed by atoms with E-state index < -0.39 is 11.4 Å². The zero-order valence-electron chi connectivity index (χ0n) is 12.8. The van der Waals surface area contributed by atoms with Crippen molar-refractivity contribution in [1.82, 2.24) is 0 Å². The van der Waals surface area contributed by atoms with Crippen LogP contribution in [0.4, 0.5) is 0 Å². The van der Waals surface area contributed by atoms with E-state index in [0.717, 1.165) is 25.0 Å². The molecule has 3 nitrogen and oxygen atoms in total. The normalized spacial score (nSPS) is 11.3. The van der Waals surface area contributed by atoms with Crippen LogP contribution in [0.15, 0.2) is 24.3 Å². The number of hydrogen-bond donors (Lipinski definition) is 1. The second kappa shape index (κ2) is 7.93. The third kappa shape index (κ3) is 4.55. The molecular weight excluding hydrogens is 252 g/mol. The minimum Gasteiger partial charge on any atom is -0.494 e. The van der Waals surface area contributed by atoms with Crippen molar-refractivity contribution < 1.29 is 14.6 Å². The summed E-state index contributed by atoms with van der Waals surface area (Å²) in [5.74, 6) is 0.225. The first-order valence-corrected chi connectivity index (χ1v) is 7.47. The number of carbonyl (C=O) groups is 1. The van der Waals surface area contributed by atoms with E-state index >= 15 is 0 Å². The fourth-order valence-electron chi connectivity index (χ4n) is 2.47. The minimum absolute atomic E-state index is 0.552. The van der Waals surface area contributed by atoms with Gasteiger partial charge in [0.15, 0.2) is 0 Å². The van der Waals surface area contributed by atoms with Crippen molar-refractivity contribution in [3.05, 3.63) is 29.8 Å². The van der Waals surface area contributed by atoms with Crippen molar-refractivity contribution >= 4 is 5.97 Å². The molecule has 1 aromatic rings. The highest BCUT2D eigenvalue weighted by atomic mass is 16.5. The molecular formula is C17H26O3. The third-order valence-electron chi connectivity index (χ3n) is 4.12. The number of carboxylic acids is 1. The van der Waals surface area contributed by atoms with Gasteiger partial charge in [0.1, 0.15) is 5.75 Å². The molecule has 0 unspecified atom stereocenters. The number of aliphatic carboxylic acids is 1. The van der Waals surface area contributed by atoms with Gasteiger partial charge in [0.25, 0.3) is 0 Å². The maximum Gasteiger partial charge on any atom is 0.309 e. The zero-order valence-corrected chi connectivity index (χ0v) is 12.8. The molecule has 0 radical (unpaired) electrons. The Bertz CT molecular complexity index is 422. The van der Waals surface area contributed by atoms with Crippen molar-refractivity contribution in [1.29, 1.82) is 0 Å². The number of ether oxygens (including phenoxy) is 1. The number of unbranched alkanes of at least 4 members (excludes halogenated alkanes) is 1. The summed E-state index contributed by atoms with van der Waals surface area (Å²) >= 11 is 0. The minimum atomic E-state index is -0.665. The van der Waals surface area contributed by atoms with Crippen LogP contribution in [0.1, 0.15) is 51.5 Å². The molecule has 1 N–H and O–H groups in total. The first-order chi connectivity index (χ1) is 9.54. The van der Waals surface area contributed by atoms with Crippen molar-refractivity contribution in [2.45, 2.75) is 52.9 Å². The van der Waals surface area contributed by atoms with E-state index in [1.807, 2.05) is 45.0 Å². The molecule has 0 aliphatic carbocycles. The quantitative estimate of drug-likeness (QED) is 0.679. The summed E-state index contributed by atoms with van der Waals surface area (Å²) in [7, 11) is 0.